The van der Waals surface area contributed by atoms with Gasteiger partial charge in [0.05, 0.1) is 30.9 Å². The van der Waals surface area contributed by atoms with Gasteiger partial charge in [-0.1, -0.05) is 24.3 Å². The van der Waals surface area contributed by atoms with Gasteiger partial charge in [0.15, 0.2) is 0 Å². The lowest BCUT2D eigenvalue weighted by atomic mass is 10.2. The molecule has 1 aliphatic rings. The van der Waals surface area contributed by atoms with Crippen LogP contribution in [-0.4, -0.2) is 54.3 Å². The number of amides is 1. The third-order valence-electron chi connectivity index (χ3n) is 5.49. The number of ether oxygens (including phenoxy) is 2. The molecule has 0 spiro atoms. The molecule has 1 N–H and O–H groups in total. The predicted molar refractivity (Wildman–Crippen MR) is 132 cm³/mol. The van der Waals surface area contributed by atoms with Crippen LogP contribution in [0.3, 0.4) is 0 Å². The Kier molecular flexibility index (Phi) is 7.34. The lowest BCUT2D eigenvalue weighted by molar-refractivity contribution is -0.114. The smallest absolute Gasteiger partial charge is 0.264 e. The number of carbonyl (C=O) groups is 1. The van der Waals surface area contributed by atoms with Crippen molar-refractivity contribution in [3.63, 3.8) is 0 Å². The number of rotatable bonds is 8. The summed E-state index contributed by atoms with van der Waals surface area (Å²) in [5, 5.41) is 2.80. The van der Waals surface area contributed by atoms with Gasteiger partial charge in [0.2, 0.25) is 5.91 Å². The van der Waals surface area contributed by atoms with Gasteiger partial charge in [-0.05, 0) is 48.5 Å². The molecule has 0 unspecified atom stereocenters. The molecule has 0 atom stereocenters. The maximum Gasteiger partial charge on any atom is 0.264 e. The summed E-state index contributed by atoms with van der Waals surface area (Å²) in [6.45, 7) is 2.62. The maximum atomic E-state index is 13.4. The molecule has 1 fully saturated rings. The summed E-state index contributed by atoms with van der Waals surface area (Å²) in [6.07, 6.45) is 0. The number of hydrogen-bond donors (Lipinski definition) is 1. The summed E-state index contributed by atoms with van der Waals surface area (Å²) in [5.74, 6) is 0.0336. The standard InChI is InChI=1S/C25H27N3O5S/c1-32-23-7-5-6-22(18-23)28(34(30,31)24-8-3-2-4-9-24)19-25(29)26-20-10-12-21(13-11-20)27-14-16-33-17-15-27/h2-13,18H,14-17,19H2,1H3,(H,26,29). The largest absolute Gasteiger partial charge is 0.497 e. The minimum absolute atomic E-state index is 0.0977. The van der Waals surface area contributed by atoms with E-state index in [1.54, 1.807) is 42.5 Å². The fourth-order valence-electron chi connectivity index (χ4n) is 3.71. The number of anilines is 3. The molecule has 3 aromatic carbocycles. The predicted octanol–water partition coefficient (Wildman–Crippen LogP) is 3.37. The number of nitrogens with zero attached hydrogens (tertiary/aromatic N) is 2. The lowest BCUT2D eigenvalue weighted by Crippen LogP contribution is -2.38. The van der Waals surface area contributed by atoms with E-state index in [4.69, 9.17) is 9.47 Å². The molecule has 0 saturated carbocycles. The van der Waals surface area contributed by atoms with Crippen molar-refractivity contribution in [1.29, 1.82) is 0 Å². The minimum Gasteiger partial charge on any atom is -0.497 e. The molecular weight excluding hydrogens is 454 g/mol. The first-order valence-electron chi connectivity index (χ1n) is 10.9. The Morgan fingerprint density at radius 3 is 2.38 bits per heavy atom. The third kappa shape index (κ3) is 5.49. The van der Waals surface area contributed by atoms with E-state index < -0.39 is 22.5 Å². The number of carbonyl (C=O) groups excluding carboxylic acids is 1. The monoisotopic (exact) mass is 481 g/mol. The van der Waals surface area contributed by atoms with E-state index in [9.17, 15) is 13.2 Å². The van der Waals surface area contributed by atoms with Gasteiger partial charge in [-0.2, -0.15) is 0 Å². The van der Waals surface area contributed by atoms with E-state index in [-0.39, 0.29) is 4.90 Å². The first-order valence-corrected chi connectivity index (χ1v) is 12.4. The second kappa shape index (κ2) is 10.6. The summed E-state index contributed by atoms with van der Waals surface area (Å²) < 4.78 is 38.6. The van der Waals surface area contributed by atoms with Gasteiger partial charge in [-0.25, -0.2) is 8.42 Å². The fraction of sp³-hybridized carbons (Fsp3) is 0.240. The van der Waals surface area contributed by atoms with Crippen LogP contribution in [0.4, 0.5) is 17.1 Å². The maximum absolute atomic E-state index is 13.4. The molecule has 0 radical (unpaired) electrons. The Morgan fingerprint density at radius 2 is 1.71 bits per heavy atom. The van der Waals surface area contributed by atoms with Crippen molar-refractivity contribution >= 4 is 33.0 Å². The molecule has 0 bridgehead atoms. The second-order valence-electron chi connectivity index (χ2n) is 7.72. The van der Waals surface area contributed by atoms with Crippen LogP contribution in [0, 0.1) is 0 Å². The highest BCUT2D eigenvalue weighted by Crippen LogP contribution is 2.27. The highest BCUT2D eigenvalue weighted by Gasteiger charge is 2.27. The Balaban J connectivity index is 1.54. The van der Waals surface area contributed by atoms with Crippen molar-refractivity contribution in [2.45, 2.75) is 4.90 Å². The van der Waals surface area contributed by atoms with Crippen LogP contribution in [-0.2, 0) is 19.6 Å². The van der Waals surface area contributed by atoms with Crippen molar-refractivity contribution < 1.29 is 22.7 Å². The van der Waals surface area contributed by atoms with Gasteiger partial charge in [-0.15, -0.1) is 0 Å². The van der Waals surface area contributed by atoms with E-state index in [1.807, 2.05) is 24.3 Å². The second-order valence-corrected chi connectivity index (χ2v) is 9.58. The summed E-state index contributed by atoms with van der Waals surface area (Å²) in [7, 11) is -2.49. The number of morpholine rings is 1. The van der Waals surface area contributed by atoms with Crippen molar-refractivity contribution in [2.75, 3.05) is 54.5 Å². The average Bonchev–Trinajstić information content (AvgIpc) is 2.88. The zero-order valence-corrected chi connectivity index (χ0v) is 19.7. The third-order valence-corrected chi connectivity index (χ3v) is 7.28. The Hall–Kier alpha value is -3.56. The molecule has 1 aliphatic heterocycles. The molecule has 0 aliphatic carbocycles. The number of benzene rings is 3. The van der Waals surface area contributed by atoms with Gasteiger partial charge in [0.1, 0.15) is 12.3 Å². The zero-order chi connectivity index (χ0) is 24.0. The van der Waals surface area contributed by atoms with Gasteiger partial charge in [-0.3, -0.25) is 9.10 Å². The van der Waals surface area contributed by atoms with Gasteiger partial charge >= 0.3 is 0 Å². The molecule has 1 amide bonds. The molecule has 3 aromatic rings. The quantitative estimate of drug-likeness (QED) is 0.531. The summed E-state index contributed by atoms with van der Waals surface area (Å²) in [4.78, 5) is 15.3. The SMILES string of the molecule is COc1cccc(N(CC(=O)Nc2ccc(N3CCOCC3)cc2)S(=O)(=O)c2ccccc2)c1. The first-order chi connectivity index (χ1) is 16.5. The molecule has 8 nitrogen and oxygen atoms in total. The van der Waals surface area contributed by atoms with Crippen molar-refractivity contribution in [3.05, 3.63) is 78.9 Å². The van der Waals surface area contributed by atoms with Crippen molar-refractivity contribution in [1.82, 2.24) is 0 Å². The van der Waals surface area contributed by atoms with Gasteiger partial charge in [0, 0.05) is 30.5 Å². The van der Waals surface area contributed by atoms with Crippen LogP contribution in [0.1, 0.15) is 0 Å². The van der Waals surface area contributed by atoms with E-state index in [0.717, 1.165) is 23.1 Å². The van der Waals surface area contributed by atoms with E-state index >= 15 is 0 Å². The van der Waals surface area contributed by atoms with Gasteiger partial charge < -0.3 is 19.7 Å². The molecule has 9 heteroatoms. The number of methoxy groups -OCH3 is 1. The molecule has 1 heterocycles. The Labute approximate surface area is 199 Å². The molecule has 178 valence electrons. The normalized spacial score (nSPS) is 13.9. The lowest BCUT2D eigenvalue weighted by Gasteiger charge is -2.29. The van der Waals surface area contributed by atoms with Crippen molar-refractivity contribution in [3.8, 4) is 5.75 Å². The van der Waals surface area contributed by atoms with E-state index in [2.05, 4.69) is 10.2 Å². The summed E-state index contributed by atoms with van der Waals surface area (Å²) in [6, 6.07) is 22.1. The van der Waals surface area contributed by atoms with Crippen LogP contribution in [0.15, 0.2) is 83.8 Å². The van der Waals surface area contributed by atoms with Crippen molar-refractivity contribution in [2.24, 2.45) is 0 Å². The minimum atomic E-state index is -3.99. The molecule has 34 heavy (non-hydrogen) atoms. The van der Waals surface area contributed by atoms with Crippen LogP contribution in [0.25, 0.3) is 0 Å². The first kappa shape index (κ1) is 23.6. The molecule has 0 aromatic heterocycles. The average molecular weight is 482 g/mol. The van der Waals surface area contributed by atoms with Gasteiger partial charge in [0.25, 0.3) is 10.0 Å². The van der Waals surface area contributed by atoms with Crippen LogP contribution < -0.4 is 19.3 Å². The van der Waals surface area contributed by atoms with Crippen LogP contribution in [0.2, 0.25) is 0 Å². The highest BCUT2D eigenvalue weighted by atomic mass is 32.2. The number of nitrogens with one attached hydrogen (secondary N) is 1. The Bertz CT molecular complexity index is 1210. The van der Waals surface area contributed by atoms with E-state index in [1.165, 1.54) is 19.2 Å². The van der Waals surface area contributed by atoms with Crippen LogP contribution >= 0.6 is 0 Å². The van der Waals surface area contributed by atoms with Crippen LogP contribution in [0.5, 0.6) is 5.75 Å². The summed E-state index contributed by atoms with van der Waals surface area (Å²) in [5.41, 5.74) is 1.97. The molecular formula is C25H27N3O5S. The van der Waals surface area contributed by atoms with E-state index in [0.29, 0.717) is 30.3 Å². The molecule has 1 saturated heterocycles. The number of sulfonamides is 1. The zero-order valence-electron chi connectivity index (χ0n) is 18.9. The number of hydrogen-bond acceptors (Lipinski definition) is 6. The fourth-order valence-corrected chi connectivity index (χ4v) is 5.14. The molecule has 4 rings (SSSR count). The summed E-state index contributed by atoms with van der Waals surface area (Å²) >= 11 is 0. The topological polar surface area (TPSA) is 88.2 Å². The Morgan fingerprint density at radius 1 is 1.00 bits per heavy atom. The highest BCUT2D eigenvalue weighted by molar-refractivity contribution is 7.92.